The van der Waals surface area contributed by atoms with E-state index >= 15 is 0 Å². The number of ether oxygens (including phenoxy) is 3. The second-order valence-corrected chi connectivity index (χ2v) is 6.79. The van der Waals surface area contributed by atoms with Crippen molar-refractivity contribution in [3.63, 3.8) is 0 Å². The highest BCUT2D eigenvalue weighted by molar-refractivity contribution is 6.30. The molecule has 2 aromatic rings. The fourth-order valence-electron chi connectivity index (χ4n) is 2.58. The summed E-state index contributed by atoms with van der Waals surface area (Å²) >= 11 is 11.6. The number of carbonyl (C=O) groups excluding carboxylic acids is 2. The molecule has 0 saturated carbocycles. The molecule has 3 rings (SSSR count). The van der Waals surface area contributed by atoms with Gasteiger partial charge >= 0.3 is 11.9 Å². The lowest BCUT2D eigenvalue weighted by molar-refractivity contribution is -0.110. The van der Waals surface area contributed by atoms with Gasteiger partial charge in [0.1, 0.15) is 18.8 Å². The zero-order valence-electron chi connectivity index (χ0n) is 14.0. The molecule has 1 N–H and O–H groups in total. The second-order valence-electron chi connectivity index (χ2n) is 5.92. The normalized spacial score (nSPS) is 21.7. The molecule has 1 heterocycles. The predicted octanol–water partition coefficient (Wildman–Crippen LogP) is 3.48. The Morgan fingerprint density at radius 2 is 1.48 bits per heavy atom. The van der Waals surface area contributed by atoms with Crippen molar-refractivity contribution in [2.45, 2.75) is 24.9 Å². The number of halogens is 2. The minimum absolute atomic E-state index is 0.0858. The lowest BCUT2D eigenvalue weighted by Crippen LogP contribution is -2.32. The Hall–Kier alpha value is -2.12. The Labute approximate surface area is 165 Å². The van der Waals surface area contributed by atoms with Crippen LogP contribution in [0.3, 0.4) is 0 Å². The Morgan fingerprint density at radius 1 is 0.963 bits per heavy atom. The zero-order valence-corrected chi connectivity index (χ0v) is 15.5. The van der Waals surface area contributed by atoms with Crippen molar-refractivity contribution in [2.24, 2.45) is 0 Å². The average Bonchev–Trinajstić information content (AvgIpc) is 3.00. The van der Waals surface area contributed by atoms with E-state index in [1.165, 1.54) is 24.3 Å². The van der Waals surface area contributed by atoms with E-state index in [1.54, 1.807) is 24.3 Å². The molecule has 1 fully saturated rings. The third-order valence-corrected chi connectivity index (χ3v) is 4.48. The van der Waals surface area contributed by atoms with E-state index < -0.39 is 30.4 Å². The van der Waals surface area contributed by atoms with Crippen LogP contribution in [-0.4, -0.2) is 42.1 Å². The Bertz CT molecular complexity index is 806. The number of hydrogen-bond donors (Lipinski definition) is 1. The zero-order chi connectivity index (χ0) is 19.4. The van der Waals surface area contributed by atoms with Crippen LogP contribution in [0, 0.1) is 0 Å². The first-order valence-corrected chi connectivity index (χ1v) is 8.91. The van der Waals surface area contributed by atoms with Crippen molar-refractivity contribution in [3.8, 4) is 0 Å². The van der Waals surface area contributed by atoms with Crippen LogP contribution in [0.4, 0.5) is 0 Å². The summed E-state index contributed by atoms with van der Waals surface area (Å²) in [7, 11) is 0. The van der Waals surface area contributed by atoms with Crippen LogP contribution >= 0.6 is 23.2 Å². The molecule has 0 amide bonds. The molecule has 1 aliphatic rings. The van der Waals surface area contributed by atoms with Gasteiger partial charge in [0, 0.05) is 16.5 Å². The summed E-state index contributed by atoms with van der Waals surface area (Å²) in [6, 6.07) is 12.4. The van der Waals surface area contributed by atoms with Gasteiger partial charge < -0.3 is 19.3 Å². The van der Waals surface area contributed by atoms with Gasteiger partial charge in [-0.3, -0.25) is 0 Å². The number of aliphatic hydroxyl groups excluding tert-OH is 1. The highest BCUT2D eigenvalue weighted by Gasteiger charge is 2.38. The first-order valence-electron chi connectivity index (χ1n) is 8.15. The highest BCUT2D eigenvalue weighted by Crippen LogP contribution is 2.24. The minimum atomic E-state index is -1.10. The minimum Gasteiger partial charge on any atom is -0.459 e. The van der Waals surface area contributed by atoms with Gasteiger partial charge in [0.2, 0.25) is 0 Å². The fraction of sp³-hybridized carbons (Fsp3) is 0.263. The van der Waals surface area contributed by atoms with Crippen molar-refractivity contribution in [1.82, 2.24) is 0 Å². The monoisotopic (exact) mass is 410 g/mol. The van der Waals surface area contributed by atoms with E-state index in [0.29, 0.717) is 21.2 Å². The lowest BCUT2D eigenvalue weighted by Gasteiger charge is -2.18. The number of rotatable bonds is 5. The molecule has 8 heteroatoms. The van der Waals surface area contributed by atoms with Crippen molar-refractivity contribution in [3.05, 3.63) is 69.7 Å². The van der Waals surface area contributed by atoms with Gasteiger partial charge in [-0.15, -0.1) is 0 Å². The van der Waals surface area contributed by atoms with Crippen LogP contribution in [0.15, 0.2) is 48.5 Å². The Kier molecular flexibility index (Phi) is 6.34. The molecule has 6 nitrogen and oxygen atoms in total. The third-order valence-electron chi connectivity index (χ3n) is 3.98. The van der Waals surface area contributed by atoms with Gasteiger partial charge in [0.25, 0.3) is 0 Å². The van der Waals surface area contributed by atoms with Gasteiger partial charge in [-0.25, -0.2) is 9.59 Å². The smallest absolute Gasteiger partial charge is 0.338 e. The number of carbonyl (C=O) groups is 2. The van der Waals surface area contributed by atoms with Crippen LogP contribution in [-0.2, 0) is 14.2 Å². The molecule has 142 valence electrons. The van der Waals surface area contributed by atoms with E-state index in [4.69, 9.17) is 37.4 Å². The molecule has 2 aromatic carbocycles. The Balaban J connectivity index is 1.58. The SMILES string of the molecule is O=C(OC[C@H]1O[C@@H](O)C[C@@H]1OC(=O)c1ccc(Cl)cc1)c1ccc(Cl)cc1. The fourth-order valence-corrected chi connectivity index (χ4v) is 2.84. The molecule has 0 aromatic heterocycles. The van der Waals surface area contributed by atoms with Crippen LogP contribution < -0.4 is 0 Å². The standard InChI is InChI=1S/C19H16Cl2O6/c20-13-5-1-11(2-6-13)18(23)25-10-16-15(9-17(22)26-16)27-19(24)12-3-7-14(21)8-4-12/h1-8,15-17,22H,9-10H2/t15-,16+,17+/m0/s1. The molecule has 1 saturated heterocycles. The van der Waals surface area contributed by atoms with Crippen LogP contribution in [0.5, 0.6) is 0 Å². The molecular weight excluding hydrogens is 395 g/mol. The van der Waals surface area contributed by atoms with Gasteiger partial charge in [0.15, 0.2) is 6.29 Å². The number of aliphatic hydroxyl groups is 1. The van der Waals surface area contributed by atoms with Crippen molar-refractivity contribution in [1.29, 1.82) is 0 Å². The molecule has 0 spiro atoms. The van der Waals surface area contributed by atoms with Crippen molar-refractivity contribution >= 4 is 35.1 Å². The molecule has 0 bridgehead atoms. The Morgan fingerprint density at radius 3 is 2.04 bits per heavy atom. The average molecular weight is 411 g/mol. The van der Waals surface area contributed by atoms with Crippen LogP contribution in [0.1, 0.15) is 27.1 Å². The summed E-state index contributed by atoms with van der Waals surface area (Å²) in [6.07, 6.45) is -2.54. The maximum Gasteiger partial charge on any atom is 0.338 e. The van der Waals surface area contributed by atoms with Crippen LogP contribution in [0.25, 0.3) is 0 Å². The molecular formula is C19H16Cl2O6. The molecule has 0 aliphatic carbocycles. The molecule has 1 aliphatic heterocycles. The van der Waals surface area contributed by atoms with E-state index in [9.17, 15) is 14.7 Å². The van der Waals surface area contributed by atoms with E-state index in [2.05, 4.69) is 0 Å². The summed E-state index contributed by atoms with van der Waals surface area (Å²) < 4.78 is 15.9. The maximum absolute atomic E-state index is 12.2. The van der Waals surface area contributed by atoms with Crippen molar-refractivity contribution < 1.29 is 28.9 Å². The van der Waals surface area contributed by atoms with Gasteiger partial charge in [-0.2, -0.15) is 0 Å². The molecule has 3 atom stereocenters. The number of benzene rings is 2. The number of hydrogen-bond acceptors (Lipinski definition) is 6. The van der Waals surface area contributed by atoms with Gasteiger partial charge in [0.05, 0.1) is 11.1 Å². The topological polar surface area (TPSA) is 82.1 Å². The summed E-state index contributed by atoms with van der Waals surface area (Å²) in [5.74, 6) is -1.15. The summed E-state index contributed by atoms with van der Waals surface area (Å²) in [4.78, 5) is 24.3. The second kappa shape index (κ2) is 8.71. The molecule has 0 unspecified atom stereocenters. The van der Waals surface area contributed by atoms with E-state index in [-0.39, 0.29) is 13.0 Å². The summed E-state index contributed by atoms with van der Waals surface area (Å²) in [5.41, 5.74) is 0.644. The first-order chi connectivity index (χ1) is 12.9. The maximum atomic E-state index is 12.2. The lowest BCUT2D eigenvalue weighted by atomic mass is 10.1. The third kappa shape index (κ3) is 5.20. The molecule has 27 heavy (non-hydrogen) atoms. The largest absolute Gasteiger partial charge is 0.459 e. The first kappa shape index (κ1) is 19.6. The van der Waals surface area contributed by atoms with Crippen molar-refractivity contribution in [2.75, 3.05) is 6.61 Å². The predicted molar refractivity (Wildman–Crippen MR) is 97.9 cm³/mol. The highest BCUT2D eigenvalue weighted by atomic mass is 35.5. The quantitative estimate of drug-likeness (QED) is 0.759. The molecule has 0 radical (unpaired) electrons. The van der Waals surface area contributed by atoms with Crippen LogP contribution in [0.2, 0.25) is 10.0 Å². The summed E-state index contributed by atoms with van der Waals surface area (Å²) in [5, 5.41) is 10.7. The van der Waals surface area contributed by atoms with Gasteiger partial charge in [-0.1, -0.05) is 23.2 Å². The van der Waals surface area contributed by atoms with Gasteiger partial charge in [-0.05, 0) is 48.5 Å². The summed E-state index contributed by atoms with van der Waals surface area (Å²) in [6.45, 7) is -0.170. The van der Waals surface area contributed by atoms with E-state index in [0.717, 1.165) is 0 Å². The number of esters is 2. The van der Waals surface area contributed by atoms with E-state index in [1.807, 2.05) is 0 Å².